The van der Waals surface area contributed by atoms with Crippen molar-refractivity contribution in [3.8, 4) is 0 Å². The first-order valence-electron chi connectivity index (χ1n) is 5.95. The molecule has 1 aromatic carbocycles. The Balaban J connectivity index is 2.40. The van der Waals surface area contributed by atoms with Gasteiger partial charge in [-0.3, -0.25) is 0 Å². The number of hydrogen-bond donors (Lipinski definition) is 1. The van der Waals surface area contributed by atoms with E-state index in [1.165, 1.54) is 22.3 Å². The summed E-state index contributed by atoms with van der Waals surface area (Å²) >= 11 is 3.45. The van der Waals surface area contributed by atoms with Gasteiger partial charge in [-0.05, 0) is 65.9 Å². The summed E-state index contributed by atoms with van der Waals surface area (Å²) in [5.74, 6) is 0.685. The number of halogens is 1. The normalized spacial score (nSPS) is 10.9. The molecule has 0 aliphatic rings. The van der Waals surface area contributed by atoms with Crippen molar-refractivity contribution in [1.82, 2.24) is 9.78 Å². The van der Waals surface area contributed by atoms with Crippen molar-refractivity contribution in [1.29, 1.82) is 0 Å². The second kappa shape index (κ2) is 4.76. The molecule has 0 fully saturated rings. The topological polar surface area (TPSA) is 43.8 Å². The van der Waals surface area contributed by atoms with Crippen LogP contribution in [0.25, 0.3) is 0 Å². The van der Waals surface area contributed by atoms with E-state index in [9.17, 15) is 0 Å². The highest BCUT2D eigenvalue weighted by atomic mass is 79.9. The molecule has 4 heteroatoms. The molecule has 2 N–H and O–H groups in total. The molecule has 0 spiro atoms. The van der Waals surface area contributed by atoms with E-state index in [-0.39, 0.29) is 0 Å². The van der Waals surface area contributed by atoms with Crippen LogP contribution in [0.2, 0.25) is 0 Å². The minimum atomic E-state index is 0.685. The van der Waals surface area contributed by atoms with Crippen LogP contribution in [0.1, 0.15) is 27.9 Å². The van der Waals surface area contributed by atoms with E-state index in [0.717, 1.165) is 10.2 Å². The van der Waals surface area contributed by atoms with E-state index in [1.807, 2.05) is 11.6 Å². The summed E-state index contributed by atoms with van der Waals surface area (Å²) in [6.45, 7) is 9.06. The predicted molar refractivity (Wildman–Crippen MR) is 78.8 cm³/mol. The van der Waals surface area contributed by atoms with E-state index >= 15 is 0 Å². The molecular weight excluding hydrogens is 290 g/mol. The van der Waals surface area contributed by atoms with Crippen LogP contribution < -0.4 is 5.73 Å². The van der Waals surface area contributed by atoms with Crippen molar-refractivity contribution in [2.45, 2.75) is 34.2 Å². The third-order valence-corrected chi connectivity index (χ3v) is 4.34. The van der Waals surface area contributed by atoms with Crippen molar-refractivity contribution in [2.24, 2.45) is 0 Å². The second-order valence-corrected chi connectivity index (χ2v) is 5.60. The lowest BCUT2D eigenvalue weighted by atomic mass is 10.0. The van der Waals surface area contributed by atoms with Gasteiger partial charge in [0.15, 0.2) is 0 Å². The summed E-state index contributed by atoms with van der Waals surface area (Å²) < 4.78 is 2.74. The predicted octanol–water partition coefficient (Wildman–Crippen LogP) is 3.51. The molecule has 0 aliphatic carbocycles. The maximum atomic E-state index is 6.02. The maximum Gasteiger partial charge on any atom is 0.136 e. The van der Waals surface area contributed by atoms with Crippen LogP contribution >= 0.6 is 15.9 Å². The van der Waals surface area contributed by atoms with Crippen LogP contribution in [-0.2, 0) is 6.54 Å². The summed E-state index contributed by atoms with van der Waals surface area (Å²) in [4.78, 5) is 0. The number of aromatic nitrogens is 2. The first-order valence-corrected chi connectivity index (χ1v) is 6.74. The van der Waals surface area contributed by atoms with Gasteiger partial charge in [0.25, 0.3) is 0 Å². The molecule has 0 unspecified atom stereocenters. The van der Waals surface area contributed by atoms with Crippen LogP contribution in [0.15, 0.2) is 16.6 Å². The molecule has 0 saturated carbocycles. The highest BCUT2D eigenvalue weighted by molar-refractivity contribution is 9.10. The number of hydrogen-bond acceptors (Lipinski definition) is 2. The summed E-state index contributed by atoms with van der Waals surface area (Å²) in [5.41, 5.74) is 12.1. The average Bonchev–Trinajstić information content (AvgIpc) is 2.54. The van der Waals surface area contributed by atoms with Crippen molar-refractivity contribution in [3.63, 3.8) is 0 Å². The first-order chi connectivity index (χ1) is 8.40. The van der Waals surface area contributed by atoms with Crippen LogP contribution in [0.3, 0.4) is 0 Å². The molecule has 0 saturated heterocycles. The summed E-state index contributed by atoms with van der Waals surface area (Å²) in [6, 6.07) is 4.43. The van der Waals surface area contributed by atoms with Crippen LogP contribution in [0.4, 0.5) is 5.82 Å². The minimum Gasteiger partial charge on any atom is -0.383 e. The Labute approximate surface area is 116 Å². The zero-order valence-electron chi connectivity index (χ0n) is 11.2. The van der Waals surface area contributed by atoms with Gasteiger partial charge in [-0.15, -0.1) is 0 Å². The molecule has 2 rings (SSSR count). The SMILES string of the molecule is Cc1cc(C)c(Cn2nc(C)c(Br)c2N)cc1C. The average molecular weight is 308 g/mol. The van der Waals surface area contributed by atoms with Gasteiger partial charge in [0, 0.05) is 0 Å². The van der Waals surface area contributed by atoms with Crippen LogP contribution in [-0.4, -0.2) is 9.78 Å². The Hall–Kier alpha value is -1.29. The molecule has 3 nitrogen and oxygen atoms in total. The standard InChI is InChI=1S/C14H18BrN3/c1-8-5-10(3)12(6-9(8)2)7-18-14(16)13(15)11(4)17-18/h5-6H,7,16H2,1-4H3. The molecule has 2 aromatic rings. The summed E-state index contributed by atoms with van der Waals surface area (Å²) in [5, 5.41) is 4.44. The number of nitrogens with zero attached hydrogens (tertiary/aromatic N) is 2. The quantitative estimate of drug-likeness (QED) is 0.922. The van der Waals surface area contributed by atoms with Gasteiger partial charge >= 0.3 is 0 Å². The zero-order valence-corrected chi connectivity index (χ0v) is 12.8. The largest absolute Gasteiger partial charge is 0.383 e. The lowest BCUT2D eigenvalue weighted by Gasteiger charge is -2.11. The smallest absolute Gasteiger partial charge is 0.136 e. The van der Waals surface area contributed by atoms with E-state index in [1.54, 1.807) is 0 Å². The number of nitrogens with two attached hydrogens (primary N) is 1. The Morgan fingerprint density at radius 1 is 1.11 bits per heavy atom. The number of aryl methyl sites for hydroxylation is 4. The van der Waals surface area contributed by atoms with Gasteiger partial charge in [-0.1, -0.05) is 12.1 Å². The second-order valence-electron chi connectivity index (χ2n) is 4.81. The van der Waals surface area contributed by atoms with Crippen LogP contribution in [0.5, 0.6) is 0 Å². The van der Waals surface area contributed by atoms with Gasteiger partial charge in [0.05, 0.1) is 16.7 Å². The van der Waals surface area contributed by atoms with Crippen molar-refractivity contribution < 1.29 is 0 Å². The molecule has 18 heavy (non-hydrogen) atoms. The van der Waals surface area contributed by atoms with Gasteiger partial charge < -0.3 is 5.73 Å². The third-order valence-electron chi connectivity index (χ3n) is 3.36. The highest BCUT2D eigenvalue weighted by Gasteiger charge is 2.11. The maximum absolute atomic E-state index is 6.02. The highest BCUT2D eigenvalue weighted by Crippen LogP contribution is 2.24. The Bertz CT molecular complexity index is 600. The zero-order chi connectivity index (χ0) is 13.4. The van der Waals surface area contributed by atoms with E-state index in [0.29, 0.717) is 12.4 Å². The first kappa shape index (κ1) is 13.1. The fraction of sp³-hybridized carbons (Fsp3) is 0.357. The van der Waals surface area contributed by atoms with Gasteiger partial charge in [0.1, 0.15) is 5.82 Å². The van der Waals surface area contributed by atoms with Gasteiger partial charge in [-0.25, -0.2) is 4.68 Å². The lowest BCUT2D eigenvalue weighted by Crippen LogP contribution is -2.07. The summed E-state index contributed by atoms with van der Waals surface area (Å²) in [7, 11) is 0. The number of rotatable bonds is 2. The van der Waals surface area contributed by atoms with E-state index < -0.39 is 0 Å². The van der Waals surface area contributed by atoms with Gasteiger partial charge in [0.2, 0.25) is 0 Å². The Morgan fingerprint density at radius 3 is 2.28 bits per heavy atom. The van der Waals surface area contributed by atoms with E-state index in [2.05, 4.69) is 53.9 Å². The third kappa shape index (κ3) is 2.29. The number of anilines is 1. The Kier molecular flexibility index (Phi) is 3.48. The van der Waals surface area contributed by atoms with E-state index in [4.69, 9.17) is 5.73 Å². The van der Waals surface area contributed by atoms with Crippen molar-refractivity contribution in [3.05, 3.63) is 44.6 Å². The van der Waals surface area contributed by atoms with Gasteiger partial charge in [-0.2, -0.15) is 5.10 Å². The molecule has 0 atom stereocenters. The Morgan fingerprint density at radius 2 is 1.72 bits per heavy atom. The molecule has 0 amide bonds. The number of benzene rings is 1. The van der Waals surface area contributed by atoms with Crippen LogP contribution in [0, 0.1) is 27.7 Å². The molecule has 1 heterocycles. The fourth-order valence-electron chi connectivity index (χ4n) is 2.05. The molecule has 96 valence electrons. The van der Waals surface area contributed by atoms with Crippen molar-refractivity contribution >= 4 is 21.7 Å². The molecule has 0 aliphatic heterocycles. The molecule has 0 radical (unpaired) electrons. The number of nitrogen functional groups attached to an aromatic ring is 1. The summed E-state index contributed by atoms with van der Waals surface area (Å²) in [6.07, 6.45) is 0. The fourth-order valence-corrected chi connectivity index (χ4v) is 2.33. The minimum absolute atomic E-state index is 0.685. The lowest BCUT2D eigenvalue weighted by molar-refractivity contribution is 0.686. The molecular formula is C14H18BrN3. The molecule has 0 bridgehead atoms. The molecule has 1 aromatic heterocycles. The monoisotopic (exact) mass is 307 g/mol. The van der Waals surface area contributed by atoms with Crippen molar-refractivity contribution in [2.75, 3.05) is 5.73 Å².